The van der Waals surface area contributed by atoms with E-state index in [9.17, 15) is 29.4 Å². The van der Waals surface area contributed by atoms with Gasteiger partial charge in [0.25, 0.3) is 0 Å². The van der Waals surface area contributed by atoms with Gasteiger partial charge < -0.3 is 25.2 Å². The zero-order valence-corrected chi connectivity index (χ0v) is 21.4. The number of carboxylic acid groups (broad SMARTS) is 2. The van der Waals surface area contributed by atoms with Crippen molar-refractivity contribution < 1.29 is 34.1 Å². The number of aliphatic carboxylic acids is 2. The molecule has 0 spiro atoms. The fourth-order valence-electron chi connectivity index (χ4n) is 4.29. The van der Waals surface area contributed by atoms with E-state index in [4.69, 9.17) is 4.74 Å². The zero-order valence-electron chi connectivity index (χ0n) is 21.4. The second-order valence-corrected chi connectivity index (χ2v) is 11.2. The van der Waals surface area contributed by atoms with E-state index in [-0.39, 0.29) is 12.5 Å². The number of hydrogen-bond donors (Lipinski definition) is 3. The molecule has 0 heterocycles. The number of nitrogens with zero attached hydrogens (tertiary/aromatic N) is 1. The van der Waals surface area contributed by atoms with Crippen LogP contribution in [0.15, 0.2) is 30.3 Å². The summed E-state index contributed by atoms with van der Waals surface area (Å²) in [7, 11) is 0. The Kier molecular flexibility index (Phi) is 8.92. The van der Waals surface area contributed by atoms with E-state index in [1.165, 1.54) is 4.90 Å². The summed E-state index contributed by atoms with van der Waals surface area (Å²) in [6.45, 7) is 9.95. The molecule has 1 aromatic carbocycles. The van der Waals surface area contributed by atoms with Crippen LogP contribution in [0.4, 0.5) is 4.79 Å². The van der Waals surface area contributed by atoms with Crippen LogP contribution in [0.2, 0.25) is 0 Å². The Hall–Kier alpha value is -3.10. The maximum Gasteiger partial charge on any atom is 0.408 e. The molecule has 9 nitrogen and oxygen atoms in total. The summed E-state index contributed by atoms with van der Waals surface area (Å²) in [5, 5.41) is 22.7. The van der Waals surface area contributed by atoms with Gasteiger partial charge in [0.1, 0.15) is 17.7 Å². The Morgan fingerprint density at radius 2 is 1.57 bits per heavy atom. The monoisotopic (exact) mass is 490 g/mol. The minimum absolute atomic E-state index is 0.0603. The highest BCUT2D eigenvalue weighted by Crippen LogP contribution is 2.34. The van der Waals surface area contributed by atoms with Crippen molar-refractivity contribution in [2.45, 2.75) is 91.0 Å². The van der Waals surface area contributed by atoms with E-state index in [1.54, 1.807) is 65.8 Å². The van der Waals surface area contributed by atoms with E-state index < -0.39 is 53.0 Å². The maximum atomic E-state index is 14.0. The highest BCUT2D eigenvalue weighted by molar-refractivity contribution is 5.93. The Balaban J connectivity index is 2.52. The number of carboxylic acids is 2. The molecule has 0 bridgehead atoms. The van der Waals surface area contributed by atoms with Crippen LogP contribution < -0.4 is 5.32 Å². The van der Waals surface area contributed by atoms with Crippen molar-refractivity contribution >= 4 is 23.9 Å². The first-order valence-corrected chi connectivity index (χ1v) is 11.9. The number of carbonyl (C=O) groups excluding carboxylic acids is 2. The van der Waals surface area contributed by atoms with Crippen molar-refractivity contribution in [2.75, 3.05) is 0 Å². The summed E-state index contributed by atoms with van der Waals surface area (Å²) in [5.74, 6) is -4.51. The van der Waals surface area contributed by atoms with E-state index in [2.05, 4.69) is 5.32 Å². The molecule has 1 unspecified atom stereocenters. The fourth-order valence-corrected chi connectivity index (χ4v) is 4.29. The van der Waals surface area contributed by atoms with E-state index in [0.29, 0.717) is 12.8 Å². The molecule has 9 heteroatoms. The summed E-state index contributed by atoms with van der Waals surface area (Å²) in [4.78, 5) is 52.8. The van der Waals surface area contributed by atoms with Crippen molar-refractivity contribution in [1.82, 2.24) is 10.2 Å². The van der Waals surface area contributed by atoms with Crippen LogP contribution in [-0.4, -0.2) is 62.8 Å². The number of alkyl carbamates (subject to hydrolysis) is 1. The molecule has 2 rings (SSSR count). The minimum atomic E-state index is -1.51. The molecule has 2 amide bonds. The molecule has 1 aliphatic carbocycles. The number of ether oxygens (including phenoxy) is 1. The molecule has 35 heavy (non-hydrogen) atoms. The third-order valence-electron chi connectivity index (χ3n) is 6.09. The highest BCUT2D eigenvalue weighted by atomic mass is 16.6. The number of benzene rings is 1. The first kappa shape index (κ1) is 28.1. The van der Waals surface area contributed by atoms with Crippen molar-refractivity contribution in [1.29, 1.82) is 0 Å². The lowest BCUT2D eigenvalue weighted by atomic mass is 9.75. The first-order valence-electron chi connectivity index (χ1n) is 11.9. The van der Waals surface area contributed by atoms with E-state index in [1.807, 2.05) is 6.07 Å². The highest BCUT2D eigenvalue weighted by Gasteiger charge is 2.48. The van der Waals surface area contributed by atoms with Crippen molar-refractivity contribution in [3.8, 4) is 0 Å². The number of rotatable bonds is 9. The average molecular weight is 491 g/mol. The Morgan fingerprint density at radius 3 is 1.97 bits per heavy atom. The molecule has 0 aliphatic heterocycles. The van der Waals surface area contributed by atoms with Gasteiger partial charge in [0, 0.05) is 12.5 Å². The third kappa shape index (κ3) is 7.70. The standard InChI is InChI=1S/C26H38N2O7/c1-25(2,3)19(23(32)33)20(27-24(34)35-26(4,5)6)21(29)28(17-13-10-14-17)18(22(30)31)15-16-11-8-7-9-12-16/h7-9,11-12,17-20H,10,13-15H2,1-6H3,(H,27,34)(H,30,31)(H,32,33)/t18-,19?,20-/m0/s1. The summed E-state index contributed by atoms with van der Waals surface area (Å²) in [5.41, 5.74) is -1.06. The molecule has 1 aliphatic rings. The van der Waals surface area contributed by atoms with Gasteiger partial charge in [-0.1, -0.05) is 51.1 Å². The molecular weight excluding hydrogens is 452 g/mol. The maximum absolute atomic E-state index is 14.0. The third-order valence-corrected chi connectivity index (χ3v) is 6.09. The minimum Gasteiger partial charge on any atom is -0.481 e. The van der Waals surface area contributed by atoms with E-state index >= 15 is 0 Å². The second kappa shape index (κ2) is 11.1. The second-order valence-electron chi connectivity index (χ2n) is 11.2. The molecule has 1 fully saturated rings. The molecular formula is C26H38N2O7. The number of amides is 2. The van der Waals surface area contributed by atoms with Crippen molar-refractivity contribution in [3.05, 3.63) is 35.9 Å². The summed E-state index contributed by atoms with van der Waals surface area (Å²) >= 11 is 0. The van der Waals surface area contributed by atoms with Crippen molar-refractivity contribution in [2.24, 2.45) is 11.3 Å². The predicted molar refractivity (Wildman–Crippen MR) is 130 cm³/mol. The van der Waals surface area contributed by atoms with Gasteiger partial charge in [0.2, 0.25) is 5.91 Å². The van der Waals surface area contributed by atoms with Gasteiger partial charge in [0.05, 0.1) is 5.92 Å². The summed E-state index contributed by atoms with van der Waals surface area (Å²) < 4.78 is 5.32. The van der Waals surface area contributed by atoms with Gasteiger partial charge in [0.15, 0.2) is 0 Å². The van der Waals surface area contributed by atoms with Crippen LogP contribution in [0, 0.1) is 11.3 Å². The number of hydrogen-bond acceptors (Lipinski definition) is 5. The van der Waals surface area contributed by atoms with Crippen LogP contribution >= 0.6 is 0 Å². The van der Waals surface area contributed by atoms with Crippen LogP contribution in [-0.2, 0) is 25.5 Å². The smallest absolute Gasteiger partial charge is 0.408 e. The van der Waals surface area contributed by atoms with Gasteiger partial charge in [-0.3, -0.25) is 9.59 Å². The molecule has 3 atom stereocenters. The number of nitrogens with one attached hydrogen (secondary N) is 1. The van der Waals surface area contributed by atoms with Crippen molar-refractivity contribution in [3.63, 3.8) is 0 Å². The molecule has 194 valence electrons. The van der Waals surface area contributed by atoms with Gasteiger partial charge in [-0.25, -0.2) is 9.59 Å². The van der Waals surface area contributed by atoms with Crippen LogP contribution in [0.5, 0.6) is 0 Å². The average Bonchev–Trinajstić information content (AvgIpc) is 2.65. The zero-order chi connectivity index (χ0) is 26.6. The number of carbonyl (C=O) groups is 4. The summed E-state index contributed by atoms with van der Waals surface area (Å²) in [6.07, 6.45) is 1.17. The lowest BCUT2D eigenvalue weighted by molar-refractivity contribution is -0.160. The normalized spacial score (nSPS) is 16.9. The fraction of sp³-hybridized carbons (Fsp3) is 0.615. The van der Waals surface area contributed by atoms with Gasteiger partial charge in [-0.2, -0.15) is 0 Å². The Bertz CT molecular complexity index is 914. The quantitative estimate of drug-likeness (QED) is 0.480. The van der Waals surface area contributed by atoms with Crippen LogP contribution in [0.1, 0.15) is 66.4 Å². The SMILES string of the molecule is CC(C)(C)OC(=O)N[C@H](C(=O)N(C1CCC1)[C@@H](Cc1ccccc1)C(=O)O)C(C(=O)O)C(C)(C)C. The van der Waals surface area contributed by atoms with Gasteiger partial charge in [-0.15, -0.1) is 0 Å². The molecule has 1 saturated carbocycles. The molecule has 1 aromatic rings. The van der Waals surface area contributed by atoms with Gasteiger partial charge >= 0.3 is 18.0 Å². The van der Waals surface area contributed by atoms with Crippen LogP contribution in [0.3, 0.4) is 0 Å². The first-order chi connectivity index (χ1) is 16.1. The van der Waals surface area contributed by atoms with Gasteiger partial charge in [-0.05, 0) is 51.0 Å². The Labute approximate surface area is 206 Å². The predicted octanol–water partition coefficient (Wildman–Crippen LogP) is 3.70. The molecule has 3 N–H and O–H groups in total. The summed E-state index contributed by atoms with van der Waals surface area (Å²) in [6, 6.07) is 5.87. The molecule has 0 radical (unpaired) electrons. The van der Waals surface area contributed by atoms with E-state index in [0.717, 1.165) is 12.0 Å². The lowest BCUT2D eigenvalue weighted by Gasteiger charge is -2.44. The Morgan fingerprint density at radius 1 is 1.00 bits per heavy atom. The largest absolute Gasteiger partial charge is 0.481 e. The molecule has 0 saturated heterocycles. The molecule has 0 aromatic heterocycles. The topological polar surface area (TPSA) is 133 Å². The van der Waals surface area contributed by atoms with Crippen LogP contribution in [0.25, 0.3) is 0 Å². The lowest BCUT2D eigenvalue weighted by Crippen LogP contribution is -2.63.